The molecule has 0 atom stereocenters. The van der Waals surface area contributed by atoms with Crippen LogP contribution >= 0.6 is 0 Å². The maximum atomic E-state index is 12.3. The van der Waals surface area contributed by atoms with Crippen LogP contribution in [-0.4, -0.2) is 62.0 Å². The number of hydrogen-bond acceptors (Lipinski definition) is 5. The monoisotopic (exact) mass is 343 g/mol. The standard InChI is InChI=1S/C14H21N3O5S/c15-23(20,21)10-1-3-13(18)16-5-2-6-17(8-7-16)14(19)12-4-9-22-11-12/h4,9,11H,1-3,5-8,10H2,(H2,15,20,21). The van der Waals surface area contributed by atoms with E-state index in [2.05, 4.69) is 0 Å². The predicted octanol–water partition coefficient (Wildman–Crippen LogP) is 0.0228. The zero-order valence-electron chi connectivity index (χ0n) is 12.8. The number of furan rings is 1. The Morgan fingerprint density at radius 1 is 1.17 bits per heavy atom. The number of amides is 2. The van der Waals surface area contributed by atoms with Crippen LogP contribution in [0.3, 0.4) is 0 Å². The molecule has 2 rings (SSSR count). The van der Waals surface area contributed by atoms with Gasteiger partial charge < -0.3 is 14.2 Å². The highest BCUT2D eigenvalue weighted by Crippen LogP contribution is 2.11. The summed E-state index contributed by atoms with van der Waals surface area (Å²) in [7, 11) is -3.54. The first-order valence-electron chi connectivity index (χ1n) is 7.46. The average molecular weight is 343 g/mol. The van der Waals surface area contributed by atoms with Crippen LogP contribution in [0.25, 0.3) is 0 Å². The van der Waals surface area contributed by atoms with E-state index < -0.39 is 10.0 Å². The fourth-order valence-corrected chi connectivity index (χ4v) is 3.07. The molecule has 0 spiro atoms. The van der Waals surface area contributed by atoms with E-state index in [4.69, 9.17) is 9.56 Å². The van der Waals surface area contributed by atoms with Gasteiger partial charge in [-0.1, -0.05) is 0 Å². The molecule has 0 aliphatic carbocycles. The lowest BCUT2D eigenvalue weighted by Gasteiger charge is -2.22. The summed E-state index contributed by atoms with van der Waals surface area (Å²) in [4.78, 5) is 27.7. The third-order valence-electron chi connectivity index (χ3n) is 3.72. The van der Waals surface area contributed by atoms with Crippen molar-refractivity contribution in [1.82, 2.24) is 9.80 Å². The highest BCUT2D eigenvalue weighted by Gasteiger charge is 2.23. The van der Waals surface area contributed by atoms with Crippen LogP contribution in [-0.2, 0) is 14.8 Å². The summed E-state index contributed by atoms with van der Waals surface area (Å²) < 4.78 is 26.7. The first-order chi connectivity index (χ1) is 10.9. The molecule has 9 heteroatoms. The van der Waals surface area contributed by atoms with Crippen molar-refractivity contribution in [1.29, 1.82) is 0 Å². The van der Waals surface area contributed by atoms with E-state index in [-0.39, 0.29) is 30.4 Å². The molecule has 1 aromatic heterocycles. The van der Waals surface area contributed by atoms with E-state index in [1.807, 2.05) is 0 Å². The molecular formula is C14H21N3O5S. The van der Waals surface area contributed by atoms with Crippen LogP contribution in [0.2, 0.25) is 0 Å². The molecule has 128 valence electrons. The van der Waals surface area contributed by atoms with Crippen molar-refractivity contribution >= 4 is 21.8 Å². The summed E-state index contributed by atoms with van der Waals surface area (Å²) in [6.07, 6.45) is 3.90. The van der Waals surface area contributed by atoms with E-state index in [1.165, 1.54) is 12.5 Å². The third kappa shape index (κ3) is 5.36. The molecule has 2 heterocycles. The van der Waals surface area contributed by atoms with Gasteiger partial charge in [0.1, 0.15) is 6.26 Å². The van der Waals surface area contributed by atoms with Crippen LogP contribution in [0.1, 0.15) is 29.6 Å². The minimum Gasteiger partial charge on any atom is -0.472 e. The van der Waals surface area contributed by atoms with E-state index in [0.29, 0.717) is 38.2 Å². The molecule has 0 bridgehead atoms. The van der Waals surface area contributed by atoms with Gasteiger partial charge in [0.05, 0.1) is 17.6 Å². The highest BCUT2D eigenvalue weighted by atomic mass is 32.2. The fourth-order valence-electron chi connectivity index (χ4n) is 2.52. The normalized spacial score (nSPS) is 16.2. The molecule has 0 saturated carbocycles. The van der Waals surface area contributed by atoms with Gasteiger partial charge in [-0.15, -0.1) is 0 Å². The quantitative estimate of drug-likeness (QED) is 0.810. The summed E-state index contributed by atoms with van der Waals surface area (Å²) in [5, 5.41) is 4.92. The Morgan fingerprint density at radius 2 is 1.87 bits per heavy atom. The Hall–Kier alpha value is -1.87. The largest absolute Gasteiger partial charge is 0.472 e. The van der Waals surface area contributed by atoms with Crippen molar-refractivity contribution in [2.24, 2.45) is 5.14 Å². The van der Waals surface area contributed by atoms with Crippen molar-refractivity contribution in [3.8, 4) is 0 Å². The molecule has 0 radical (unpaired) electrons. The van der Waals surface area contributed by atoms with Crippen molar-refractivity contribution < 1.29 is 22.4 Å². The number of hydrogen-bond donors (Lipinski definition) is 1. The topological polar surface area (TPSA) is 114 Å². The summed E-state index contributed by atoms with van der Waals surface area (Å²) in [5.41, 5.74) is 0.498. The van der Waals surface area contributed by atoms with Crippen LogP contribution in [0.5, 0.6) is 0 Å². The maximum Gasteiger partial charge on any atom is 0.257 e. The number of sulfonamides is 1. The van der Waals surface area contributed by atoms with E-state index in [0.717, 1.165) is 0 Å². The van der Waals surface area contributed by atoms with Crippen molar-refractivity contribution in [3.05, 3.63) is 24.2 Å². The third-order valence-corrected chi connectivity index (χ3v) is 4.58. The summed E-state index contributed by atoms with van der Waals surface area (Å²) >= 11 is 0. The number of carbonyl (C=O) groups excluding carboxylic acids is 2. The van der Waals surface area contributed by atoms with Crippen LogP contribution in [0.15, 0.2) is 23.0 Å². The Labute approximate surface area is 135 Å². The van der Waals surface area contributed by atoms with Gasteiger partial charge >= 0.3 is 0 Å². The zero-order valence-corrected chi connectivity index (χ0v) is 13.6. The molecule has 1 aromatic rings. The number of nitrogens with zero attached hydrogens (tertiary/aromatic N) is 2. The second kappa shape index (κ2) is 7.60. The minimum absolute atomic E-state index is 0.105. The molecule has 0 aromatic carbocycles. The molecule has 0 unspecified atom stereocenters. The predicted molar refractivity (Wildman–Crippen MR) is 83.0 cm³/mol. The lowest BCUT2D eigenvalue weighted by molar-refractivity contribution is -0.131. The summed E-state index contributed by atoms with van der Waals surface area (Å²) in [6, 6.07) is 1.61. The number of nitrogens with two attached hydrogens (primary N) is 1. The van der Waals surface area contributed by atoms with Crippen LogP contribution < -0.4 is 5.14 Å². The van der Waals surface area contributed by atoms with Gasteiger partial charge in [-0.2, -0.15) is 0 Å². The molecule has 2 amide bonds. The Kier molecular flexibility index (Phi) is 5.78. The minimum atomic E-state index is -3.54. The molecule has 23 heavy (non-hydrogen) atoms. The first-order valence-corrected chi connectivity index (χ1v) is 9.18. The van der Waals surface area contributed by atoms with Gasteiger partial charge in [0.15, 0.2) is 0 Å². The van der Waals surface area contributed by atoms with Crippen LogP contribution in [0.4, 0.5) is 0 Å². The molecule has 1 fully saturated rings. The fraction of sp³-hybridized carbons (Fsp3) is 0.571. The zero-order chi connectivity index (χ0) is 16.9. The molecule has 1 aliphatic heterocycles. The van der Waals surface area contributed by atoms with E-state index >= 15 is 0 Å². The molecule has 8 nitrogen and oxygen atoms in total. The number of primary sulfonamides is 1. The first kappa shape index (κ1) is 17.5. The second-order valence-corrected chi connectivity index (χ2v) is 7.24. The van der Waals surface area contributed by atoms with Crippen LogP contribution in [0, 0.1) is 0 Å². The smallest absolute Gasteiger partial charge is 0.257 e. The van der Waals surface area contributed by atoms with Gasteiger partial charge in [-0.25, -0.2) is 13.6 Å². The molecule has 2 N–H and O–H groups in total. The number of rotatable bonds is 5. The molecule has 1 aliphatic rings. The lowest BCUT2D eigenvalue weighted by atomic mass is 10.3. The Morgan fingerprint density at radius 3 is 2.52 bits per heavy atom. The Bertz CT molecular complexity index is 641. The molecular weight excluding hydrogens is 322 g/mol. The second-order valence-electron chi connectivity index (χ2n) is 5.51. The maximum absolute atomic E-state index is 12.3. The van der Waals surface area contributed by atoms with Gasteiger partial charge in [0, 0.05) is 32.6 Å². The Balaban J connectivity index is 1.83. The number of carbonyl (C=O) groups is 2. The average Bonchev–Trinajstić information content (AvgIpc) is 2.89. The lowest BCUT2D eigenvalue weighted by Crippen LogP contribution is -2.37. The summed E-state index contributed by atoms with van der Waals surface area (Å²) in [5.74, 6) is -0.411. The SMILES string of the molecule is NS(=O)(=O)CCCC(=O)N1CCCN(C(=O)c2ccoc2)CC1. The van der Waals surface area contributed by atoms with Gasteiger partial charge in [-0.3, -0.25) is 9.59 Å². The van der Waals surface area contributed by atoms with E-state index in [9.17, 15) is 18.0 Å². The molecule has 1 saturated heterocycles. The van der Waals surface area contributed by atoms with E-state index in [1.54, 1.807) is 15.9 Å². The highest BCUT2D eigenvalue weighted by molar-refractivity contribution is 7.89. The van der Waals surface area contributed by atoms with Gasteiger partial charge in [0.25, 0.3) is 5.91 Å². The van der Waals surface area contributed by atoms with Gasteiger partial charge in [0.2, 0.25) is 15.9 Å². The van der Waals surface area contributed by atoms with Crippen molar-refractivity contribution in [2.75, 3.05) is 31.9 Å². The summed E-state index contributed by atoms with van der Waals surface area (Å²) in [6.45, 7) is 2.02. The van der Waals surface area contributed by atoms with Crippen molar-refractivity contribution in [3.63, 3.8) is 0 Å². The van der Waals surface area contributed by atoms with Gasteiger partial charge in [-0.05, 0) is 18.9 Å². The van der Waals surface area contributed by atoms with Crippen molar-refractivity contribution in [2.45, 2.75) is 19.3 Å².